The Morgan fingerprint density at radius 1 is 1.11 bits per heavy atom. The molecule has 4 aromatic rings. The minimum absolute atomic E-state index is 0.0463. The van der Waals surface area contributed by atoms with Crippen LogP contribution in [0.15, 0.2) is 65.6 Å². The van der Waals surface area contributed by atoms with Gasteiger partial charge in [-0.2, -0.15) is 5.10 Å². The minimum Gasteiger partial charge on any atom is -0.472 e. The highest BCUT2D eigenvalue weighted by atomic mass is 16.3. The first-order valence-electron chi connectivity index (χ1n) is 8.92. The fraction of sp³-hybridized carbons (Fsp3) is 0.227. The lowest BCUT2D eigenvalue weighted by atomic mass is 9.86. The van der Waals surface area contributed by atoms with E-state index in [0.717, 1.165) is 11.3 Å². The van der Waals surface area contributed by atoms with Crippen LogP contribution in [0.2, 0.25) is 0 Å². The molecule has 0 amide bonds. The highest BCUT2D eigenvalue weighted by Crippen LogP contribution is 2.24. The molecule has 0 aliphatic carbocycles. The zero-order chi connectivity index (χ0) is 19.0. The summed E-state index contributed by atoms with van der Waals surface area (Å²) >= 11 is 0. The average molecular weight is 359 g/mol. The average Bonchev–Trinajstić information content (AvgIpc) is 3.32. The van der Waals surface area contributed by atoms with Gasteiger partial charge in [0.25, 0.3) is 0 Å². The first-order valence-corrected chi connectivity index (χ1v) is 8.92. The van der Waals surface area contributed by atoms with E-state index in [4.69, 9.17) is 4.42 Å². The summed E-state index contributed by atoms with van der Waals surface area (Å²) in [6, 6.07) is 13.4. The van der Waals surface area contributed by atoms with Crippen molar-refractivity contribution in [2.45, 2.75) is 32.6 Å². The van der Waals surface area contributed by atoms with E-state index in [-0.39, 0.29) is 17.6 Å². The number of ketones is 1. The van der Waals surface area contributed by atoms with E-state index < -0.39 is 0 Å². The highest BCUT2D eigenvalue weighted by Gasteiger charge is 2.16. The van der Waals surface area contributed by atoms with Crippen molar-refractivity contribution in [3.8, 4) is 11.3 Å². The maximum Gasteiger partial charge on any atom is 0.168 e. The molecular weight excluding hydrogens is 338 g/mol. The van der Waals surface area contributed by atoms with Crippen LogP contribution in [-0.2, 0) is 11.8 Å². The Hall–Kier alpha value is -3.21. The van der Waals surface area contributed by atoms with E-state index in [0.29, 0.717) is 16.9 Å². The molecule has 0 N–H and O–H groups in total. The third-order valence-electron chi connectivity index (χ3n) is 4.64. The van der Waals surface area contributed by atoms with E-state index in [9.17, 15) is 4.79 Å². The van der Waals surface area contributed by atoms with Gasteiger partial charge in [0.05, 0.1) is 36.5 Å². The number of Topliss-reactive ketones (excluding diaryl/α,β-unsaturated/α-hetero) is 1. The fourth-order valence-electron chi connectivity index (χ4n) is 3.09. The Morgan fingerprint density at radius 2 is 1.89 bits per heavy atom. The molecule has 0 bridgehead atoms. The van der Waals surface area contributed by atoms with E-state index in [2.05, 4.69) is 30.9 Å². The maximum absolute atomic E-state index is 12.8. The highest BCUT2D eigenvalue weighted by molar-refractivity contribution is 5.97. The lowest BCUT2D eigenvalue weighted by molar-refractivity contribution is 0.0992. The van der Waals surface area contributed by atoms with E-state index in [1.165, 1.54) is 5.56 Å². The van der Waals surface area contributed by atoms with Gasteiger partial charge in [-0.1, -0.05) is 45.0 Å². The molecule has 5 heteroatoms. The van der Waals surface area contributed by atoms with Crippen molar-refractivity contribution in [1.82, 2.24) is 14.6 Å². The van der Waals surface area contributed by atoms with Crippen molar-refractivity contribution >= 4 is 11.4 Å². The van der Waals surface area contributed by atoms with Crippen molar-refractivity contribution in [3.05, 3.63) is 78.0 Å². The summed E-state index contributed by atoms with van der Waals surface area (Å²) in [7, 11) is 0. The van der Waals surface area contributed by atoms with Crippen LogP contribution in [0.1, 0.15) is 42.4 Å². The SMILES string of the molecule is CC(C)(C)c1ccc(C(=O)Cc2cc(-c3ccoc3)n3nccc3n2)cc1. The van der Waals surface area contributed by atoms with Crippen LogP contribution in [-0.4, -0.2) is 20.4 Å². The summed E-state index contributed by atoms with van der Waals surface area (Å²) in [5, 5.41) is 4.31. The van der Waals surface area contributed by atoms with Gasteiger partial charge in [0.1, 0.15) is 0 Å². The van der Waals surface area contributed by atoms with Gasteiger partial charge >= 0.3 is 0 Å². The summed E-state index contributed by atoms with van der Waals surface area (Å²) in [6.45, 7) is 6.48. The Morgan fingerprint density at radius 3 is 2.56 bits per heavy atom. The van der Waals surface area contributed by atoms with Crippen molar-refractivity contribution in [3.63, 3.8) is 0 Å². The number of rotatable bonds is 4. The molecule has 136 valence electrons. The van der Waals surface area contributed by atoms with Gasteiger partial charge in [0.15, 0.2) is 11.4 Å². The van der Waals surface area contributed by atoms with E-state index >= 15 is 0 Å². The number of aromatic nitrogens is 3. The zero-order valence-corrected chi connectivity index (χ0v) is 15.6. The van der Waals surface area contributed by atoms with Crippen LogP contribution in [0.25, 0.3) is 16.9 Å². The molecule has 3 aromatic heterocycles. The zero-order valence-electron chi connectivity index (χ0n) is 15.6. The normalized spacial score (nSPS) is 11.8. The van der Waals surface area contributed by atoms with Crippen molar-refractivity contribution < 1.29 is 9.21 Å². The van der Waals surface area contributed by atoms with Crippen LogP contribution in [0.4, 0.5) is 0 Å². The lowest BCUT2D eigenvalue weighted by Gasteiger charge is -2.19. The molecule has 27 heavy (non-hydrogen) atoms. The van der Waals surface area contributed by atoms with Gasteiger partial charge in [-0.05, 0) is 23.1 Å². The summed E-state index contributed by atoms with van der Waals surface area (Å²) in [6.07, 6.45) is 5.21. The molecule has 0 radical (unpaired) electrons. The molecule has 0 saturated heterocycles. The Labute approximate surface area is 157 Å². The standard InChI is InChI=1S/C22H21N3O2/c1-22(2,3)17-6-4-15(5-7-17)20(26)13-18-12-19(16-9-11-27-14-16)25-21(24-18)8-10-23-25/h4-12,14H,13H2,1-3H3. The predicted octanol–water partition coefficient (Wildman–Crippen LogP) is 4.71. The van der Waals surface area contributed by atoms with Gasteiger partial charge in [0, 0.05) is 17.2 Å². The molecule has 0 atom stereocenters. The maximum atomic E-state index is 12.8. The van der Waals surface area contributed by atoms with Crippen LogP contribution < -0.4 is 0 Å². The molecule has 0 saturated carbocycles. The van der Waals surface area contributed by atoms with E-state index in [1.54, 1.807) is 23.2 Å². The van der Waals surface area contributed by atoms with Gasteiger partial charge < -0.3 is 4.42 Å². The summed E-state index contributed by atoms with van der Waals surface area (Å²) in [4.78, 5) is 17.3. The first kappa shape index (κ1) is 17.2. The number of fused-ring (bicyclic) bond motifs is 1. The topological polar surface area (TPSA) is 60.4 Å². The quantitative estimate of drug-likeness (QED) is 0.495. The van der Waals surface area contributed by atoms with Crippen LogP contribution in [0.5, 0.6) is 0 Å². The second-order valence-electron chi connectivity index (χ2n) is 7.67. The number of carbonyl (C=O) groups is 1. The van der Waals surface area contributed by atoms with Gasteiger partial charge in [-0.15, -0.1) is 0 Å². The van der Waals surface area contributed by atoms with Crippen molar-refractivity contribution in [2.75, 3.05) is 0 Å². The summed E-state index contributed by atoms with van der Waals surface area (Å²) in [5.74, 6) is 0.0463. The smallest absolute Gasteiger partial charge is 0.168 e. The van der Waals surface area contributed by atoms with Crippen molar-refractivity contribution in [1.29, 1.82) is 0 Å². The fourth-order valence-corrected chi connectivity index (χ4v) is 3.09. The minimum atomic E-state index is 0.0463. The Kier molecular flexibility index (Phi) is 4.15. The van der Waals surface area contributed by atoms with Crippen LogP contribution in [0, 0.1) is 0 Å². The van der Waals surface area contributed by atoms with Gasteiger partial charge in [-0.25, -0.2) is 9.50 Å². The third-order valence-corrected chi connectivity index (χ3v) is 4.64. The molecule has 0 aliphatic heterocycles. The third kappa shape index (κ3) is 3.40. The second-order valence-corrected chi connectivity index (χ2v) is 7.67. The summed E-state index contributed by atoms with van der Waals surface area (Å²) < 4.78 is 6.94. The largest absolute Gasteiger partial charge is 0.472 e. The molecule has 1 aromatic carbocycles. The van der Waals surface area contributed by atoms with Gasteiger partial charge in [0.2, 0.25) is 0 Å². The van der Waals surface area contributed by atoms with Crippen LogP contribution >= 0.6 is 0 Å². The molecule has 0 unspecified atom stereocenters. The molecular formula is C22H21N3O2. The molecule has 0 spiro atoms. The number of furan rings is 1. The second kappa shape index (κ2) is 6.50. The monoisotopic (exact) mass is 359 g/mol. The lowest BCUT2D eigenvalue weighted by Crippen LogP contribution is -2.12. The van der Waals surface area contributed by atoms with Gasteiger partial charge in [-0.3, -0.25) is 4.79 Å². The first-order chi connectivity index (χ1) is 12.9. The van der Waals surface area contributed by atoms with Crippen molar-refractivity contribution in [2.24, 2.45) is 0 Å². The molecule has 5 nitrogen and oxygen atoms in total. The molecule has 4 rings (SSSR count). The summed E-state index contributed by atoms with van der Waals surface area (Å²) in [5.41, 5.74) is 5.14. The van der Waals surface area contributed by atoms with E-state index in [1.807, 2.05) is 42.5 Å². The Balaban J connectivity index is 1.64. The number of hydrogen-bond donors (Lipinski definition) is 0. The number of hydrogen-bond acceptors (Lipinski definition) is 4. The molecule has 0 aliphatic rings. The number of nitrogens with zero attached hydrogens (tertiary/aromatic N) is 3. The predicted molar refractivity (Wildman–Crippen MR) is 104 cm³/mol. The molecule has 0 fully saturated rings. The van der Waals surface area contributed by atoms with Crippen LogP contribution in [0.3, 0.4) is 0 Å². The number of carbonyl (C=O) groups excluding carboxylic acids is 1. The number of benzene rings is 1. The Bertz CT molecular complexity index is 1090. The molecule has 3 heterocycles.